The van der Waals surface area contributed by atoms with Crippen LogP contribution in [-0.4, -0.2) is 19.1 Å². The van der Waals surface area contributed by atoms with Gasteiger partial charge in [-0.2, -0.15) is 0 Å². The molecule has 0 unspecified atom stereocenters. The van der Waals surface area contributed by atoms with Crippen molar-refractivity contribution in [2.75, 3.05) is 0 Å². The molecule has 0 fully saturated rings. The number of fused-ring (bicyclic) bond motifs is 2. The van der Waals surface area contributed by atoms with Gasteiger partial charge in [-0.3, -0.25) is 0 Å². The molecule has 0 N–H and O–H groups in total. The summed E-state index contributed by atoms with van der Waals surface area (Å²) in [5.41, 5.74) is 4.17. The molecule has 0 amide bonds. The van der Waals surface area contributed by atoms with Gasteiger partial charge < -0.3 is 9.13 Å². The minimum Gasteiger partial charge on any atom is -0.304 e. The van der Waals surface area contributed by atoms with Crippen LogP contribution >= 0.6 is 0 Å². The number of rotatable bonds is 2. The zero-order chi connectivity index (χ0) is 13.4. The third-order valence-electron chi connectivity index (χ3n) is 3.35. The predicted molar refractivity (Wildman–Crippen MR) is 81.0 cm³/mol. The van der Waals surface area contributed by atoms with Gasteiger partial charge in [-0.1, -0.05) is 24.3 Å². The lowest BCUT2D eigenvalue weighted by molar-refractivity contribution is 1.14. The van der Waals surface area contributed by atoms with E-state index in [1.165, 1.54) is 0 Å². The molecule has 4 nitrogen and oxygen atoms in total. The topological polar surface area (TPSA) is 35.6 Å². The monoisotopic (exact) mass is 260 g/mol. The van der Waals surface area contributed by atoms with Crippen molar-refractivity contribution in [3.63, 3.8) is 0 Å². The highest BCUT2D eigenvalue weighted by atomic mass is 15.1. The van der Waals surface area contributed by atoms with Gasteiger partial charge in [0.2, 0.25) is 0 Å². The van der Waals surface area contributed by atoms with Crippen molar-refractivity contribution in [2.24, 2.45) is 0 Å². The Morgan fingerprint density at radius 2 is 1.10 bits per heavy atom. The maximum atomic E-state index is 4.37. The molecule has 0 aliphatic carbocycles. The normalized spacial score (nSPS) is 11.8. The number of hydrogen-bond donors (Lipinski definition) is 0. The van der Waals surface area contributed by atoms with E-state index in [4.69, 9.17) is 0 Å². The van der Waals surface area contributed by atoms with Crippen LogP contribution in [0.4, 0.5) is 0 Å². The van der Waals surface area contributed by atoms with Gasteiger partial charge in [-0.15, -0.1) is 0 Å². The van der Waals surface area contributed by atoms with Gasteiger partial charge in [0.15, 0.2) is 0 Å². The Morgan fingerprint density at radius 1 is 0.650 bits per heavy atom. The van der Waals surface area contributed by atoms with Gasteiger partial charge in [-0.05, 0) is 24.3 Å². The molecule has 20 heavy (non-hydrogen) atoms. The highest BCUT2D eigenvalue weighted by Crippen LogP contribution is 2.14. The molecule has 96 valence electrons. The first-order valence-corrected chi connectivity index (χ1v) is 6.43. The van der Waals surface area contributed by atoms with Crippen LogP contribution < -0.4 is 0 Å². The summed E-state index contributed by atoms with van der Waals surface area (Å²) in [6.07, 6.45) is 7.62. The predicted octanol–water partition coefficient (Wildman–Crippen LogP) is 3.47. The third kappa shape index (κ3) is 1.70. The minimum absolute atomic E-state index is 0.993. The van der Waals surface area contributed by atoms with Gasteiger partial charge in [0.25, 0.3) is 0 Å². The number of para-hydroxylation sites is 4. The molecule has 4 aromatic rings. The second-order valence-corrected chi connectivity index (χ2v) is 4.58. The first kappa shape index (κ1) is 11.0. The van der Waals surface area contributed by atoms with Gasteiger partial charge in [0, 0.05) is 12.4 Å². The molecule has 0 spiro atoms. The van der Waals surface area contributed by atoms with Crippen LogP contribution in [0.1, 0.15) is 0 Å². The molecule has 2 heterocycles. The Morgan fingerprint density at radius 3 is 1.60 bits per heavy atom. The fraction of sp³-hybridized carbons (Fsp3) is 0. The average Bonchev–Trinajstić information content (AvgIpc) is 3.09. The molecule has 0 radical (unpaired) electrons. The van der Waals surface area contributed by atoms with E-state index in [9.17, 15) is 0 Å². The number of aromatic nitrogens is 4. The van der Waals surface area contributed by atoms with Crippen molar-refractivity contribution in [3.05, 3.63) is 61.2 Å². The Kier molecular flexibility index (Phi) is 2.39. The summed E-state index contributed by atoms with van der Waals surface area (Å²) in [5, 5.41) is 0. The second-order valence-electron chi connectivity index (χ2n) is 4.58. The molecule has 0 atom stereocenters. The zero-order valence-electron chi connectivity index (χ0n) is 10.7. The third-order valence-corrected chi connectivity index (χ3v) is 3.35. The maximum absolute atomic E-state index is 4.37. The Labute approximate surface area is 115 Å². The van der Waals surface area contributed by atoms with Gasteiger partial charge in [0.1, 0.15) is 0 Å². The van der Waals surface area contributed by atoms with Crippen molar-refractivity contribution >= 4 is 34.5 Å². The summed E-state index contributed by atoms with van der Waals surface area (Å²) in [7, 11) is 0. The smallest absolute Gasteiger partial charge is 0.1000 e. The standard InChI is InChI=1S/C16H12N4/c1-3-7-15-13(5-1)17-11-19(15)9-10-20-12-18-14-6-2-4-8-16(14)20/h1-12H. The Balaban J connectivity index is 1.78. The van der Waals surface area contributed by atoms with Gasteiger partial charge in [-0.25, -0.2) is 9.97 Å². The molecular formula is C16H12N4. The highest BCUT2D eigenvalue weighted by Gasteiger charge is 2.00. The summed E-state index contributed by atoms with van der Waals surface area (Å²) in [6.45, 7) is 0. The number of hydrogen-bond acceptors (Lipinski definition) is 2. The SMILES string of the molecule is C(=Cn1cnc2ccccc21)n1cnc2ccccc21. The van der Waals surface area contributed by atoms with Crippen molar-refractivity contribution < 1.29 is 0 Å². The van der Waals surface area contributed by atoms with Crippen LogP contribution in [0.5, 0.6) is 0 Å². The lowest BCUT2D eigenvalue weighted by Crippen LogP contribution is -1.87. The van der Waals surface area contributed by atoms with E-state index >= 15 is 0 Å². The van der Waals surface area contributed by atoms with E-state index in [-0.39, 0.29) is 0 Å². The lowest BCUT2D eigenvalue weighted by atomic mass is 10.3. The molecule has 4 heteroatoms. The van der Waals surface area contributed by atoms with E-state index in [0.29, 0.717) is 0 Å². The first-order chi connectivity index (χ1) is 9.92. The van der Waals surface area contributed by atoms with Crippen LogP contribution in [0.2, 0.25) is 0 Å². The molecule has 0 saturated heterocycles. The highest BCUT2D eigenvalue weighted by molar-refractivity contribution is 5.80. The van der Waals surface area contributed by atoms with Gasteiger partial charge >= 0.3 is 0 Å². The molecular weight excluding hydrogens is 248 g/mol. The van der Waals surface area contributed by atoms with E-state index < -0.39 is 0 Å². The minimum atomic E-state index is 0.993. The Hall–Kier alpha value is -2.88. The summed E-state index contributed by atoms with van der Waals surface area (Å²) in [5.74, 6) is 0. The van der Waals surface area contributed by atoms with E-state index in [0.717, 1.165) is 22.1 Å². The number of imidazole rings is 2. The van der Waals surface area contributed by atoms with Crippen molar-refractivity contribution in [3.8, 4) is 0 Å². The number of benzene rings is 2. The molecule has 0 aliphatic rings. The summed E-state index contributed by atoms with van der Waals surface area (Å²) >= 11 is 0. The fourth-order valence-corrected chi connectivity index (χ4v) is 2.34. The largest absolute Gasteiger partial charge is 0.304 e. The van der Waals surface area contributed by atoms with E-state index in [1.54, 1.807) is 0 Å². The summed E-state index contributed by atoms with van der Waals surface area (Å²) in [6, 6.07) is 16.1. The molecule has 4 rings (SSSR count). The van der Waals surface area contributed by atoms with E-state index in [1.807, 2.05) is 70.6 Å². The van der Waals surface area contributed by atoms with Crippen LogP contribution in [0, 0.1) is 0 Å². The maximum Gasteiger partial charge on any atom is 0.1000 e. The molecule has 0 saturated carbocycles. The van der Waals surface area contributed by atoms with Crippen molar-refractivity contribution in [1.82, 2.24) is 19.1 Å². The molecule has 0 bridgehead atoms. The lowest BCUT2D eigenvalue weighted by Gasteiger charge is -1.98. The number of nitrogens with zero attached hydrogens (tertiary/aromatic N) is 4. The zero-order valence-corrected chi connectivity index (χ0v) is 10.7. The first-order valence-electron chi connectivity index (χ1n) is 6.43. The second kappa shape index (κ2) is 4.35. The molecule has 0 aliphatic heterocycles. The molecule has 2 aromatic carbocycles. The summed E-state index contributed by atoms with van der Waals surface area (Å²) < 4.78 is 4.01. The quantitative estimate of drug-likeness (QED) is 0.553. The Bertz CT molecular complexity index is 838. The molecule has 2 aromatic heterocycles. The average molecular weight is 260 g/mol. The van der Waals surface area contributed by atoms with E-state index in [2.05, 4.69) is 22.1 Å². The van der Waals surface area contributed by atoms with Crippen LogP contribution in [0.15, 0.2) is 61.2 Å². The van der Waals surface area contributed by atoms with Crippen LogP contribution in [0.3, 0.4) is 0 Å². The van der Waals surface area contributed by atoms with Crippen molar-refractivity contribution in [2.45, 2.75) is 0 Å². The van der Waals surface area contributed by atoms with Crippen molar-refractivity contribution in [1.29, 1.82) is 0 Å². The van der Waals surface area contributed by atoms with Crippen LogP contribution in [0.25, 0.3) is 34.5 Å². The fourth-order valence-electron chi connectivity index (χ4n) is 2.34. The summed E-state index contributed by atoms with van der Waals surface area (Å²) in [4.78, 5) is 8.74. The van der Waals surface area contributed by atoms with Crippen LogP contribution in [-0.2, 0) is 0 Å². The van der Waals surface area contributed by atoms with Gasteiger partial charge in [0.05, 0.1) is 34.7 Å².